The third-order valence-corrected chi connectivity index (χ3v) is 0. The predicted molar refractivity (Wildman–Crippen MR) is 98.4 cm³/mol. The van der Waals surface area contributed by atoms with E-state index >= 15 is 0 Å². The Morgan fingerprint density at radius 1 is 0.526 bits per heavy atom. The molecule has 0 fully saturated rings. The van der Waals surface area contributed by atoms with Crippen LogP contribution < -0.4 is 0 Å². The van der Waals surface area contributed by atoms with Gasteiger partial charge in [0.15, 0.2) is 0 Å². The largest absolute Gasteiger partial charge is 0.358 e. The molecular formula is C14H47B2W3-3. The van der Waals surface area contributed by atoms with Gasteiger partial charge in [-0.15, -0.1) is 0 Å². The normalized spacial score (nSPS) is 1.89. The number of rotatable bonds is 0. The van der Waals surface area contributed by atoms with Crippen molar-refractivity contribution in [2.75, 3.05) is 0 Å². The van der Waals surface area contributed by atoms with E-state index in [1.54, 1.807) is 0 Å². The molecule has 0 aliphatic rings. The molecule has 5 heteroatoms. The van der Waals surface area contributed by atoms with Gasteiger partial charge in [0.25, 0.3) is 0 Å². The first-order chi connectivity index (χ1) is 4.41. The first-order valence-electron chi connectivity index (χ1n) is 4.41. The molecule has 19 heavy (non-hydrogen) atoms. The molecule has 0 unspecified atom stereocenters. The summed E-state index contributed by atoms with van der Waals surface area (Å²) < 4.78 is 0. The van der Waals surface area contributed by atoms with Gasteiger partial charge >= 0.3 is 0 Å². The molecule has 0 heterocycles. The number of hydrogen-bond acceptors (Lipinski definition) is 0. The van der Waals surface area contributed by atoms with Gasteiger partial charge in [0.05, 0.1) is 0 Å². The monoisotopic (exact) mass is 791 g/mol. The van der Waals surface area contributed by atoms with Crippen LogP contribution in [0.25, 0.3) is 0 Å². The van der Waals surface area contributed by atoms with Crippen molar-refractivity contribution >= 4 is 16.8 Å². The zero-order valence-corrected chi connectivity index (χ0v) is 22.9. The minimum Gasteiger partial charge on any atom is -0.358 e. The van der Waals surface area contributed by atoms with Gasteiger partial charge in [-0.1, -0.05) is 76.7 Å². The van der Waals surface area contributed by atoms with Gasteiger partial charge < -0.3 is 22.3 Å². The zero-order chi connectivity index (χ0) is 8.71. The maximum atomic E-state index is 2.12. The molecule has 0 aromatic heterocycles. The molecule has 130 valence electrons. The van der Waals surface area contributed by atoms with Crippen LogP contribution in [0.1, 0.15) is 79.5 Å². The van der Waals surface area contributed by atoms with E-state index in [1.807, 2.05) is 41.5 Å². The minimum absolute atomic E-state index is 0. The summed E-state index contributed by atoms with van der Waals surface area (Å²) in [5.41, 5.74) is 0. The van der Waals surface area contributed by atoms with Crippen molar-refractivity contribution in [2.45, 2.75) is 76.7 Å². The van der Waals surface area contributed by atoms with Crippen LogP contribution in [-0.4, -0.2) is 16.8 Å². The Kier molecular flexibility index (Phi) is 6410. The average Bonchev–Trinajstić information content (AvgIpc) is 2.01. The fraction of sp³-hybridized carbons (Fsp3) is 0.786. The van der Waals surface area contributed by atoms with E-state index < -0.39 is 0 Å². The predicted octanol–water partition coefficient (Wildman–Crippen LogP) is 6.84. The van der Waals surface area contributed by atoms with Crippen LogP contribution >= 0.6 is 0 Å². The van der Waals surface area contributed by atoms with Gasteiger partial charge in [-0.3, -0.25) is 0 Å². The first-order valence-corrected chi connectivity index (χ1v) is 4.41. The maximum Gasteiger partial charge on any atom is 0 e. The summed E-state index contributed by atoms with van der Waals surface area (Å²) in [6.45, 7) is 16.2. The molecular weight excluding hydrogens is 741 g/mol. The summed E-state index contributed by atoms with van der Waals surface area (Å²) >= 11 is 0. The minimum atomic E-state index is 0. The molecule has 0 aliphatic carbocycles. The van der Waals surface area contributed by atoms with Crippen molar-refractivity contribution in [3.05, 3.63) is 22.3 Å². The Bertz CT molecular complexity index is 30.2. The smallest absolute Gasteiger partial charge is 0 e. The molecule has 0 N–H and O–H groups in total. The van der Waals surface area contributed by atoms with Crippen molar-refractivity contribution in [1.29, 1.82) is 0 Å². The third-order valence-electron chi connectivity index (χ3n) is 0. The van der Waals surface area contributed by atoms with Gasteiger partial charge in [-0.25, -0.2) is 0 Å². The fourth-order valence-corrected chi connectivity index (χ4v) is 0. The Balaban J connectivity index is -0.000000000961. The molecule has 0 bridgehead atoms. The van der Waals surface area contributed by atoms with E-state index in [1.165, 1.54) is 6.42 Å². The van der Waals surface area contributed by atoms with Crippen LogP contribution in [0.2, 0.25) is 0 Å². The van der Waals surface area contributed by atoms with Gasteiger partial charge in [0, 0.05) is 82.9 Å². The molecule has 0 saturated carbocycles. The molecule has 0 amide bonds. The first kappa shape index (κ1) is 167. The Hall–Kier alpha value is 2.19. The molecule has 0 aromatic rings. The summed E-state index contributed by atoms with van der Waals surface area (Å²) in [5, 5.41) is 0. The topological polar surface area (TPSA) is 0 Å². The SMILES string of the molecule is C.C.CC.CC.CC.CCC.[2HH].[2HH].[B].[B].[CH3-].[CH3-].[CH3-].[W].[W].[W]. The second-order valence-corrected chi connectivity index (χ2v) is 0.707. The zero-order valence-electron chi connectivity index (χ0n) is 14.1. The van der Waals surface area contributed by atoms with Crippen LogP contribution in [-0.2, 0) is 63.2 Å². The molecule has 0 nitrogen and oxygen atoms in total. The summed E-state index contributed by atoms with van der Waals surface area (Å²) in [7, 11) is 0. The quantitative estimate of drug-likeness (QED) is 0.187. The molecule has 6 radical (unpaired) electrons. The second-order valence-electron chi connectivity index (χ2n) is 0.707. The van der Waals surface area contributed by atoms with Gasteiger partial charge in [-0.2, -0.15) is 0 Å². The third kappa shape index (κ3) is 1390. The molecule has 0 spiro atoms. The Morgan fingerprint density at radius 2 is 0.526 bits per heavy atom. The standard InChI is InChI=1S/C3H8.3C2H6.2CH4.3CH3.2B.3W.2H2/c1-3-2;3*1-2;;;;;;;;;;;;/h3H2,1-2H3;3*1-2H3;2*1H4;3*1H3;;;;;;2*1H/q;;;;;;3*-1;;;;;;;/i;;;;;;;;;;;;;;2*1+1. The van der Waals surface area contributed by atoms with Crippen LogP contribution in [0, 0.1) is 22.3 Å². The maximum absolute atomic E-state index is 2.12. The summed E-state index contributed by atoms with van der Waals surface area (Å²) in [5.74, 6) is 0. The van der Waals surface area contributed by atoms with Crippen LogP contribution in [0.5, 0.6) is 0 Å². The van der Waals surface area contributed by atoms with E-state index in [2.05, 4.69) is 13.8 Å². The number of hydrogen-bond donors (Lipinski definition) is 0. The van der Waals surface area contributed by atoms with Crippen molar-refractivity contribution in [3.8, 4) is 0 Å². The summed E-state index contributed by atoms with van der Waals surface area (Å²) in [4.78, 5) is 0. The molecule has 0 atom stereocenters. The van der Waals surface area contributed by atoms with Crippen molar-refractivity contribution < 1.29 is 66.0 Å². The van der Waals surface area contributed by atoms with Crippen LogP contribution in [0.15, 0.2) is 0 Å². The van der Waals surface area contributed by atoms with E-state index in [-0.39, 0.29) is 120 Å². The Morgan fingerprint density at radius 3 is 0.526 bits per heavy atom. The van der Waals surface area contributed by atoms with Gasteiger partial charge in [-0.05, 0) is 0 Å². The van der Waals surface area contributed by atoms with E-state index in [9.17, 15) is 0 Å². The molecule has 0 aromatic carbocycles. The van der Waals surface area contributed by atoms with Crippen LogP contribution in [0.4, 0.5) is 0 Å². The summed E-state index contributed by atoms with van der Waals surface area (Å²) in [6.07, 6.45) is 1.25. The van der Waals surface area contributed by atoms with Gasteiger partial charge in [0.1, 0.15) is 0 Å². The summed E-state index contributed by atoms with van der Waals surface area (Å²) in [6, 6.07) is 0. The van der Waals surface area contributed by atoms with Gasteiger partial charge in [0.2, 0.25) is 0 Å². The van der Waals surface area contributed by atoms with Crippen molar-refractivity contribution in [3.63, 3.8) is 0 Å². The molecule has 0 saturated heterocycles. The van der Waals surface area contributed by atoms with E-state index in [0.717, 1.165) is 0 Å². The average molecular weight is 791 g/mol. The second kappa shape index (κ2) is 729. The Labute approximate surface area is 180 Å². The van der Waals surface area contributed by atoms with E-state index in [4.69, 9.17) is 0 Å². The van der Waals surface area contributed by atoms with Crippen molar-refractivity contribution in [2.24, 2.45) is 0 Å². The van der Waals surface area contributed by atoms with E-state index in [0.29, 0.717) is 0 Å². The van der Waals surface area contributed by atoms with Crippen molar-refractivity contribution in [1.82, 2.24) is 0 Å². The molecule has 0 rings (SSSR count). The van der Waals surface area contributed by atoms with Crippen LogP contribution in [0.3, 0.4) is 0 Å². The molecule has 0 aliphatic heterocycles. The fourth-order valence-electron chi connectivity index (χ4n) is 0.